The van der Waals surface area contributed by atoms with Crippen molar-refractivity contribution in [1.82, 2.24) is 14.9 Å². The molecule has 2 aromatic rings. The molecule has 0 radical (unpaired) electrons. The lowest BCUT2D eigenvalue weighted by atomic mass is 10.1. The van der Waals surface area contributed by atoms with Crippen LogP contribution in [0.2, 0.25) is 0 Å². The third kappa shape index (κ3) is 3.63. The van der Waals surface area contributed by atoms with Crippen LogP contribution in [0.5, 0.6) is 0 Å². The molecular formula is C20H29N3O. The second kappa shape index (κ2) is 7.37. The fourth-order valence-electron chi connectivity index (χ4n) is 3.59. The second-order valence-electron chi connectivity index (χ2n) is 7.33. The molecule has 0 fully saturated rings. The van der Waals surface area contributed by atoms with Crippen LogP contribution in [0.25, 0.3) is 11.0 Å². The van der Waals surface area contributed by atoms with Crippen LogP contribution in [0, 0.1) is 0 Å². The molecule has 0 aliphatic carbocycles. The quantitative estimate of drug-likeness (QED) is 0.826. The Morgan fingerprint density at radius 1 is 1.17 bits per heavy atom. The monoisotopic (exact) mass is 327 g/mol. The number of rotatable bonds is 1. The fraction of sp³-hybridized carbons (Fsp3) is 0.600. The first-order valence-electron chi connectivity index (χ1n) is 9.35. The summed E-state index contributed by atoms with van der Waals surface area (Å²) in [5.74, 6) is 0.623. The first-order chi connectivity index (χ1) is 11.6. The lowest BCUT2D eigenvalue weighted by Crippen LogP contribution is -2.27. The Morgan fingerprint density at radius 2 is 1.92 bits per heavy atom. The van der Waals surface area contributed by atoms with Crippen LogP contribution in [0.3, 0.4) is 0 Å². The number of pyridine rings is 1. The molecule has 130 valence electrons. The molecule has 2 bridgehead atoms. The summed E-state index contributed by atoms with van der Waals surface area (Å²) in [6.07, 6.45) is 6.35. The predicted molar refractivity (Wildman–Crippen MR) is 98.1 cm³/mol. The number of nitrogens with zero attached hydrogens (tertiary/aromatic N) is 2. The smallest absolute Gasteiger partial charge is 0.220 e. The highest BCUT2D eigenvalue weighted by Crippen LogP contribution is 2.26. The Hall–Kier alpha value is -1.84. The van der Waals surface area contributed by atoms with Crippen molar-refractivity contribution in [2.24, 2.45) is 0 Å². The molecule has 1 amide bonds. The number of hydrogen-bond acceptors (Lipinski definition) is 2. The van der Waals surface area contributed by atoms with Gasteiger partial charge in [-0.1, -0.05) is 33.1 Å². The summed E-state index contributed by atoms with van der Waals surface area (Å²) in [5, 5.41) is 4.30. The van der Waals surface area contributed by atoms with E-state index in [4.69, 9.17) is 4.98 Å². The van der Waals surface area contributed by atoms with Gasteiger partial charge < -0.3 is 9.88 Å². The molecule has 4 nitrogen and oxygen atoms in total. The number of nitrogens with one attached hydrogen (secondary N) is 1. The SMILES string of the molecule is CC(C)c1cc2ccc3nc2n1CCCCCCCC(=O)NC3C. The van der Waals surface area contributed by atoms with Gasteiger partial charge in [0.15, 0.2) is 0 Å². The number of carbonyl (C=O) groups excluding carboxylic acids is 1. The summed E-state index contributed by atoms with van der Waals surface area (Å²) in [5.41, 5.74) is 3.37. The molecule has 0 saturated carbocycles. The van der Waals surface area contributed by atoms with Gasteiger partial charge in [0.1, 0.15) is 5.65 Å². The van der Waals surface area contributed by atoms with E-state index in [1.54, 1.807) is 0 Å². The van der Waals surface area contributed by atoms with Gasteiger partial charge in [-0.05, 0) is 43.9 Å². The molecule has 1 atom stereocenters. The minimum absolute atomic E-state index is 0.0457. The van der Waals surface area contributed by atoms with Crippen LogP contribution < -0.4 is 5.32 Å². The Morgan fingerprint density at radius 3 is 2.71 bits per heavy atom. The molecule has 3 heterocycles. The Bertz CT molecular complexity index is 717. The van der Waals surface area contributed by atoms with E-state index in [1.165, 1.54) is 30.3 Å². The summed E-state index contributed by atoms with van der Waals surface area (Å²) < 4.78 is 2.39. The van der Waals surface area contributed by atoms with Gasteiger partial charge in [0.25, 0.3) is 0 Å². The maximum atomic E-state index is 12.1. The van der Waals surface area contributed by atoms with Crippen molar-refractivity contribution in [1.29, 1.82) is 0 Å². The molecule has 4 heteroatoms. The zero-order valence-electron chi connectivity index (χ0n) is 15.1. The van der Waals surface area contributed by atoms with E-state index in [0.29, 0.717) is 12.3 Å². The largest absolute Gasteiger partial charge is 0.348 e. The van der Waals surface area contributed by atoms with E-state index < -0.39 is 0 Å². The van der Waals surface area contributed by atoms with E-state index in [1.807, 2.05) is 13.0 Å². The zero-order chi connectivity index (χ0) is 17.1. The van der Waals surface area contributed by atoms with E-state index in [-0.39, 0.29) is 11.9 Å². The highest BCUT2D eigenvalue weighted by molar-refractivity contribution is 5.79. The van der Waals surface area contributed by atoms with Gasteiger partial charge in [-0.2, -0.15) is 0 Å². The van der Waals surface area contributed by atoms with Crippen LogP contribution in [-0.2, 0) is 11.3 Å². The summed E-state index contributed by atoms with van der Waals surface area (Å²) >= 11 is 0. The van der Waals surface area contributed by atoms with Crippen molar-refractivity contribution in [2.75, 3.05) is 0 Å². The molecule has 1 N–H and O–H groups in total. The van der Waals surface area contributed by atoms with Crippen LogP contribution in [0.1, 0.15) is 82.6 Å². The number of fused-ring (bicyclic) bond motifs is 1. The summed E-state index contributed by atoms with van der Waals surface area (Å²) in [6, 6.07) is 6.43. The lowest BCUT2D eigenvalue weighted by Gasteiger charge is -2.16. The number of hydrogen-bond donors (Lipinski definition) is 1. The van der Waals surface area contributed by atoms with Gasteiger partial charge in [0.05, 0.1) is 11.7 Å². The molecular weight excluding hydrogens is 298 g/mol. The standard InChI is InChI=1S/C20H29N3O/c1-14(2)18-13-16-10-11-17-15(3)21-19(24)9-7-5-4-6-8-12-23(18)20(16)22-17/h10-11,13-15H,4-9,12H2,1-3H3,(H,21,24). The Balaban J connectivity index is 2.02. The van der Waals surface area contributed by atoms with Crippen molar-refractivity contribution < 1.29 is 4.79 Å². The van der Waals surface area contributed by atoms with Crippen molar-refractivity contribution in [3.8, 4) is 0 Å². The number of aryl methyl sites for hydroxylation is 1. The van der Waals surface area contributed by atoms with E-state index in [9.17, 15) is 4.79 Å². The average Bonchev–Trinajstić information content (AvgIpc) is 2.91. The van der Waals surface area contributed by atoms with Gasteiger partial charge in [0.2, 0.25) is 5.91 Å². The number of aromatic nitrogens is 2. The van der Waals surface area contributed by atoms with Gasteiger partial charge in [0, 0.05) is 24.0 Å². The molecule has 0 aromatic carbocycles. The Labute approximate surface area is 144 Å². The zero-order valence-corrected chi connectivity index (χ0v) is 15.1. The number of carbonyl (C=O) groups is 1. The first-order valence-corrected chi connectivity index (χ1v) is 9.35. The molecule has 1 aliphatic rings. The average molecular weight is 327 g/mol. The third-order valence-electron chi connectivity index (χ3n) is 5.00. The van der Waals surface area contributed by atoms with Crippen LogP contribution in [0.4, 0.5) is 0 Å². The summed E-state index contributed by atoms with van der Waals surface area (Å²) in [6.45, 7) is 7.54. The first kappa shape index (κ1) is 17.0. The van der Waals surface area contributed by atoms with E-state index in [2.05, 4.69) is 35.9 Å². The van der Waals surface area contributed by atoms with E-state index >= 15 is 0 Å². The van der Waals surface area contributed by atoms with Crippen LogP contribution in [-0.4, -0.2) is 15.5 Å². The highest BCUT2D eigenvalue weighted by Gasteiger charge is 2.16. The summed E-state index contributed by atoms with van der Waals surface area (Å²) in [7, 11) is 0. The van der Waals surface area contributed by atoms with Crippen molar-refractivity contribution in [3.05, 3.63) is 29.6 Å². The molecule has 1 aliphatic heterocycles. The highest BCUT2D eigenvalue weighted by atomic mass is 16.1. The van der Waals surface area contributed by atoms with Crippen molar-refractivity contribution in [3.63, 3.8) is 0 Å². The molecule has 1 unspecified atom stereocenters. The van der Waals surface area contributed by atoms with Crippen molar-refractivity contribution >= 4 is 16.9 Å². The van der Waals surface area contributed by atoms with Gasteiger partial charge in [-0.25, -0.2) is 4.98 Å². The molecule has 3 rings (SSSR count). The maximum Gasteiger partial charge on any atom is 0.220 e. The van der Waals surface area contributed by atoms with Crippen LogP contribution >= 0.6 is 0 Å². The summed E-state index contributed by atoms with van der Waals surface area (Å²) in [4.78, 5) is 17.0. The predicted octanol–water partition coefficient (Wildman–Crippen LogP) is 4.69. The lowest BCUT2D eigenvalue weighted by molar-refractivity contribution is -0.121. The van der Waals surface area contributed by atoms with Crippen molar-refractivity contribution in [2.45, 2.75) is 77.8 Å². The molecule has 24 heavy (non-hydrogen) atoms. The molecule has 0 spiro atoms. The minimum atomic E-state index is -0.0457. The minimum Gasteiger partial charge on any atom is -0.348 e. The molecule has 2 aromatic heterocycles. The van der Waals surface area contributed by atoms with E-state index in [0.717, 1.165) is 30.7 Å². The fourth-order valence-corrected chi connectivity index (χ4v) is 3.59. The topological polar surface area (TPSA) is 46.9 Å². The number of amides is 1. The Kier molecular flexibility index (Phi) is 5.22. The maximum absolute atomic E-state index is 12.1. The second-order valence-corrected chi connectivity index (χ2v) is 7.33. The van der Waals surface area contributed by atoms with Crippen LogP contribution in [0.15, 0.2) is 18.2 Å². The van der Waals surface area contributed by atoms with Gasteiger partial charge >= 0.3 is 0 Å². The van der Waals surface area contributed by atoms with Gasteiger partial charge in [-0.15, -0.1) is 0 Å². The van der Waals surface area contributed by atoms with Gasteiger partial charge in [-0.3, -0.25) is 4.79 Å². The third-order valence-corrected chi connectivity index (χ3v) is 5.00. The molecule has 0 saturated heterocycles. The normalized spacial score (nSPS) is 20.3.